The van der Waals surface area contributed by atoms with Gasteiger partial charge in [0.05, 0.1) is 23.9 Å². The number of carbonyl (C=O) groups excluding carboxylic acids is 1. The van der Waals surface area contributed by atoms with E-state index >= 15 is 0 Å². The number of nitrogens with one attached hydrogen (secondary N) is 1. The summed E-state index contributed by atoms with van der Waals surface area (Å²) in [6.07, 6.45) is 0. The predicted octanol–water partition coefficient (Wildman–Crippen LogP) is 3.65. The number of imidazole rings is 1. The van der Waals surface area contributed by atoms with Gasteiger partial charge in [-0.1, -0.05) is 23.9 Å². The topological polar surface area (TPSA) is 56.1 Å². The number of aromatic nitrogens is 2. The van der Waals surface area contributed by atoms with Crippen LogP contribution in [0.15, 0.2) is 53.7 Å². The highest BCUT2D eigenvalue weighted by Gasteiger charge is 2.14. The van der Waals surface area contributed by atoms with E-state index in [4.69, 9.17) is 9.72 Å². The zero-order chi connectivity index (χ0) is 17.8. The van der Waals surface area contributed by atoms with Gasteiger partial charge in [-0.2, -0.15) is 0 Å². The van der Waals surface area contributed by atoms with Crippen molar-refractivity contribution in [2.75, 3.05) is 12.9 Å². The highest BCUT2D eigenvalue weighted by Crippen LogP contribution is 2.28. The van der Waals surface area contributed by atoms with Crippen molar-refractivity contribution in [2.45, 2.75) is 25.0 Å². The van der Waals surface area contributed by atoms with Gasteiger partial charge in [0.25, 0.3) is 0 Å². The van der Waals surface area contributed by atoms with Gasteiger partial charge >= 0.3 is 0 Å². The predicted molar refractivity (Wildman–Crippen MR) is 102 cm³/mol. The lowest BCUT2D eigenvalue weighted by molar-refractivity contribution is -0.119. The standard InChI is InChI=1S/C19H21N3O2S/c1-13(2)20-18(23)12-25-19-21-16-6-4-5-7-17(16)22(19)14-8-10-15(24-3)11-9-14/h4-11,13H,12H2,1-3H3,(H,20,23). The molecule has 5 nitrogen and oxygen atoms in total. The Morgan fingerprint density at radius 1 is 1.20 bits per heavy atom. The molecule has 130 valence electrons. The molecule has 0 atom stereocenters. The van der Waals surface area contributed by atoms with Gasteiger partial charge in [0.15, 0.2) is 5.16 Å². The number of methoxy groups -OCH3 is 1. The summed E-state index contributed by atoms with van der Waals surface area (Å²) in [5.74, 6) is 1.14. The number of hydrogen-bond donors (Lipinski definition) is 1. The Kier molecular flexibility index (Phi) is 5.28. The zero-order valence-corrected chi connectivity index (χ0v) is 15.3. The molecule has 0 spiro atoms. The third-order valence-electron chi connectivity index (χ3n) is 3.64. The highest BCUT2D eigenvalue weighted by atomic mass is 32.2. The van der Waals surface area contributed by atoms with E-state index < -0.39 is 0 Å². The van der Waals surface area contributed by atoms with Gasteiger partial charge in [-0.15, -0.1) is 0 Å². The fourth-order valence-electron chi connectivity index (χ4n) is 2.58. The van der Waals surface area contributed by atoms with Gasteiger partial charge in [-0.05, 0) is 50.2 Å². The molecule has 0 radical (unpaired) electrons. The van der Waals surface area contributed by atoms with Crippen LogP contribution in [0.2, 0.25) is 0 Å². The van der Waals surface area contributed by atoms with Crippen LogP contribution in [0.25, 0.3) is 16.7 Å². The van der Waals surface area contributed by atoms with Gasteiger partial charge < -0.3 is 10.1 Å². The molecule has 1 N–H and O–H groups in total. The lowest BCUT2D eigenvalue weighted by Crippen LogP contribution is -2.31. The molecular formula is C19H21N3O2S. The number of nitrogens with zero attached hydrogens (tertiary/aromatic N) is 2. The number of thioether (sulfide) groups is 1. The average Bonchev–Trinajstić information content (AvgIpc) is 2.98. The van der Waals surface area contributed by atoms with Crippen molar-refractivity contribution < 1.29 is 9.53 Å². The Labute approximate surface area is 151 Å². The molecule has 0 fully saturated rings. The van der Waals surface area contributed by atoms with Crippen molar-refractivity contribution in [2.24, 2.45) is 0 Å². The first kappa shape index (κ1) is 17.4. The lowest BCUT2D eigenvalue weighted by Gasteiger charge is -2.11. The van der Waals surface area contributed by atoms with Crippen LogP contribution >= 0.6 is 11.8 Å². The highest BCUT2D eigenvalue weighted by molar-refractivity contribution is 7.99. The smallest absolute Gasteiger partial charge is 0.230 e. The van der Waals surface area contributed by atoms with Crippen molar-refractivity contribution in [1.29, 1.82) is 0 Å². The van der Waals surface area contributed by atoms with Crippen molar-refractivity contribution in [1.82, 2.24) is 14.9 Å². The Morgan fingerprint density at radius 2 is 1.92 bits per heavy atom. The van der Waals surface area contributed by atoms with Crippen LogP contribution in [0.1, 0.15) is 13.8 Å². The molecule has 3 aromatic rings. The molecule has 1 aromatic heterocycles. The molecule has 0 aliphatic carbocycles. The van der Waals surface area contributed by atoms with Crippen LogP contribution in [-0.2, 0) is 4.79 Å². The van der Waals surface area contributed by atoms with E-state index in [1.165, 1.54) is 11.8 Å². The summed E-state index contributed by atoms with van der Waals surface area (Å²) in [7, 11) is 1.65. The van der Waals surface area contributed by atoms with E-state index in [0.29, 0.717) is 5.75 Å². The van der Waals surface area contributed by atoms with Crippen LogP contribution in [0, 0.1) is 0 Å². The molecule has 25 heavy (non-hydrogen) atoms. The third-order valence-corrected chi connectivity index (χ3v) is 4.58. The Balaban J connectivity index is 1.95. The van der Waals surface area contributed by atoms with E-state index in [1.54, 1.807) is 7.11 Å². The molecule has 2 aromatic carbocycles. The summed E-state index contributed by atoms with van der Waals surface area (Å²) in [6, 6.07) is 15.9. The summed E-state index contributed by atoms with van der Waals surface area (Å²) < 4.78 is 7.31. The minimum Gasteiger partial charge on any atom is -0.497 e. The molecule has 0 bridgehead atoms. The van der Waals surface area contributed by atoms with Gasteiger partial charge in [-0.25, -0.2) is 4.98 Å². The zero-order valence-electron chi connectivity index (χ0n) is 14.5. The maximum atomic E-state index is 12.0. The molecule has 1 amide bonds. The van der Waals surface area contributed by atoms with Crippen molar-refractivity contribution in [3.05, 3.63) is 48.5 Å². The average molecular weight is 355 g/mol. The summed E-state index contributed by atoms with van der Waals surface area (Å²) in [5, 5.41) is 3.70. The van der Waals surface area contributed by atoms with Crippen LogP contribution in [0.4, 0.5) is 0 Å². The van der Waals surface area contributed by atoms with E-state index in [9.17, 15) is 4.79 Å². The lowest BCUT2D eigenvalue weighted by atomic mass is 10.2. The Hall–Kier alpha value is -2.47. The maximum Gasteiger partial charge on any atom is 0.230 e. The normalized spacial score (nSPS) is 11.0. The van der Waals surface area contributed by atoms with Crippen LogP contribution in [0.5, 0.6) is 5.75 Å². The molecular weight excluding hydrogens is 334 g/mol. The number of amides is 1. The minimum atomic E-state index is 0.00772. The Bertz CT molecular complexity index is 872. The molecule has 3 rings (SSSR count). The van der Waals surface area contributed by atoms with Gasteiger partial charge in [0.1, 0.15) is 5.75 Å². The summed E-state index contributed by atoms with van der Waals surface area (Å²) in [6.45, 7) is 3.91. The first-order chi connectivity index (χ1) is 12.1. The number of benzene rings is 2. The van der Waals surface area contributed by atoms with Crippen LogP contribution < -0.4 is 10.1 Å². The number of rotatable bonds is 6. The number of hydrogen-bond acceptors (Lipinski definition) is 4. The van der Waals surface area contributed by atoms with Crippen LogP contribution in [-0.4, -0.2) is 34.4 Å². The van der Waals surface area contributed by atoms with Gasteiger partial charge in [-0.3, -0.25) is 9.36 Å². The van der Waals surface area contributed by atoms with E-state index in [0.717, 1.165) is 27.6 Å². The first-order valence-electron chi connectivity index (χ1n) is 8.12. The molecule has 6 heteroatoms. The molecule has 0 unspecified atom stereocenters. The van der Waals surface area contributed by atoms with E-state index in [2.05, 4.69) is 9.88 Å². The van der Waals surface area contributed by atoms with Crippen LogP contribution in [0.3, 0.4) is 0 Å². The van der Waals surface area contributed by atoms with Gasteiger partial charge in [0, 0.05) is 11.7 Å². The SMILES string of the molecule is COc1ccc(-n2c(SCC(=O)NC(C)C)nc3ccccc32)cc1. The summed E-state index contributed by atoms with van der Waals surface area (Å²) in [4.78, 5) is 16.7. The molecule has 0 saturated carbocycles. The summed E-state index contributed by atoms with van der Waals surface area (Å²) >= 11 is 1.44. The number of fused-ring (bicyclic) bond motifs is 1. The van der Waals surface area contributed by atoms with E-state index in [1.807, 2.05) is 62.4 Å². The largest absolute Gasteiger partial charge is 0.497 e. The number of para-hydroxylation sites is 2. The quantitative estimate of drug-likeness (QED) is 0.686. The number of ether oxygens (including phenoxy) is 1. The van der Waals surface area contributed by atoms with Crippen molar-refractivity contribution in [3.8, 4) is 11.4 Å². The van der Waals surface area contributed by atoms with E-state index in [-0.39, 0.29) is 11.9 Å². The van der Waals surface area contributed by atoms with Crippen molar-refractivity contribution >= 4 is 28.7 Å². The monoisotopic (exact) mass is 355 g/mol. The second kappa shape index (κ2) is 7.61. The fourth-order valence-corrected chi connectivity index (χ4v) is 3.41. The fraction of sp³-hybridized carbons (Fsp3) is 0.263. The molecule has 0 aliphatic heterocycles. The second-order valence-corrected chi connectivity index (χ2v) is 6.87. The summed E-state index contributed by atoms with van der Waals surface area (Å²) in [5.41, 5.74) is 2.91. The van der Waals surface area contributed by atoms with Gasteiger partial charge in [0.2, 0.25) is 5.91 Å². The maximum absolute atomic E-state index is 12.0. The third kappa shape index (κ3) is 3.96. The minimum absolute atomic E-state index is 0.00772. The first-order valence-corrected chi connectivity index (χ1v) is 9.11. The molecule has 0 aliphatic rings. The molecule has 1 heterocycles. The molecule has 0 saturated heterocycles. The number of carbonyl (C=O) groups is 1. The second-order valence-electron chi connectivity index (χ2n) is 5.93. The van der Waals surface area contributed by atoms with Crippen molar-refractivity contribution in [3.63, 3.8) is 0 Å². The Morgan fingerprint density at radius 3 is 2.60 bits per heavy atom.